The molecule has 1 aromatic carbocycles. The molecule has 1 aromatic heterocycles. The second kappa shape index (κ2) is 6.17. The highest BCUT2D eigenvalue weighted by Crippen LogP contribution is 2.19. The number of nitro benzene ring substituents is 1. The number of benzene rings is 1. The highest BCUT2D eigenvalue weighted by Gasteiger charge is 2.18. The molecule has 22 heavy (non-hydrogen) atoms. The molecule has 8 nitrogen and oxygen atoms in total. The van der Waals surface area contributed by atoms with Crippen molar-refractivity contribution >= 4 is 17.4 Å². The van der Waals surface area contributed by atoms with Crippen molar-refractivity contribution in [3.63, 3.8) is 0 Å². The Hall–Kier alpha value is -3.03. The molecule has 2 aromatic rings. The van der Waals surface area contributed by atoms with Crippen LogP contribution in [0.25, 0.3) is 0 Å². The average Bonchev–Trinajstić information content (AvgIpc) is 2.91. The van der Waals surface area contributed by atoms with E-state index in [-0.39, 0.29) is 17.0 Å². The molecule has 0 aliphatic rings. The van der Waals surface area contributed by atoms with E-state index in [1.165, 1.54) is 18.2 Å². The predicted octanol–water partition coefficient (Wildman–Crippen LogP) is 2.24. The van der Waals surface area contributed by atoms with Gasteiger partial charge in [-0.2, -0.15) is 0 Å². The zero-order valence-electron chi connectivity index (χ0n) is 11.9. The van der Waals surface area contributed by atoms with Crippen molar-refractivity contribution < 1.29 is 23.8 Å². The summed E-state index contributed by atoms with van der Waals surface area (Å²) in [6.07, 6.45) is 0. The van der Waals surface area contributed by atoms with Gasteiger partial charge in [0, 0.05) is 23.3 Å². The number of aromatic nitrogens is 1. The van der Waals surface area contributed by atoms with Crippen LogP contribution in [0.2, 0.25) is 0 Å². The van der Waals surface area contributed by atoms with Crippen LogP contribution in [-0.2, 0) is 4.74 Å². The molecule has 0 aliphatic carbocycles. The number of esters is 1. The van der Waals surface area contributed by atoms with E-state index in [2.05, 4.69) is 5.16 Å². The lowest BCUT2D eigenvalue weighted by Gasteiger charge is -2.03. The fourth-order valence-electron chi connectivity index (χ4n) is 1.72. The summed E-state index contributed by atoms with van der Waals surface area (Å²) >= 11 is 0. The first-order valence-electron chi connectivity index (χ1n) is 6.27. The van der Waals surface area contributed by atoms with E-state index in [1.54, 1.807) is 13.8 Å². The lowest BCUT2D eigenvalue weighted by Crippen LogP contribution is -2.14. The SMILES string of the molecule is Cc1cc(C(=O)OCC(=O)c2ccc(C)c([N+](=O)[O-])c2)on1. The molecule has 0 spiro atoms. The van der Waals surface area contributed by atoms with Crippen molar-refractivity contribution in [3.8, 4) is 0 Å². The third-order valence-corrected chi connectivity index (χ3v) is 2.89. The van der Waals surface area contributed by atoms with Gasteiger partial charge < -0.3 is 9.26 Å². The zero-order valence-corrected chi connectivity index (χ0v) is 11.9. The normalized spacial score (nSPS) is 10.3. The van der Waals surface area contributed by atoms with Crippen molar-refractivity contribution in [1.82, 2.24) is 5.16 Å². The highest BCUT2D eigenvalue weighted by molar-refractivity contribution is 5.99. The summed E-state index contributed by atoms with van der Waals surface area (Å²) in [4.78, 5) is 33.8. The number of ketones is 1. The third-order valence-electron chi connectivity index (χ3n) is 2.89. The molecule has 0 atom stereocenters. The van der Waals surface area contributed by atoms with Gasteiger partial charge in [0.1, 0.15) is 0 Å². The molecular weight excluding hydrogens is 292 g/mol. The van der Waals surface area contributed by atoms with Gasteiger partial charge >= 0.3 is 5.97 Å². The van der Waals surface area contributed by atoms with Gasteiger partial charge in [0.15, 0.2) is 6.61 Å². The van der Waals surface area contributed by atoms with Crippen molar-refractivity contribution in [3.05, 3.63) is 57.0 Å². The van der Waals surface area contributed by atoms with Crippen LogP contribution in [-0.4, -0.2) is 28.4 Å². The minimum atomic E-state index is -0.824. The maximum absolute atomic E-state index is 11.9. The minimum Gasteiger partial charge on any atom is -0.451 e. The number of hydrogen-bond donors (Lipinski definition) is 0. The van der Waals surface area contributed by atoms with Gasteiger partial charge in [0.05, 0.1) is 10.6 Å². The van der Waals surface area contributed by atoms with Crippen LogP contribution in [0.15, 0.2) is 28.8 Å². The number of ether oxygens (including phenoxy) is 1. The van der Waals surface area contributed by atoms with Crippen LogP contribution in [0.4, 0.5) is 5.69 Å². The molecule has 0 saturated heterocycles. The first-order valence-corrected chi connectivity index (χ1v) is 6.27. The maximum atomic E-state index is 11.9. The molecule has 8 heteroatoms. The molecule has 0 amide bonds. The van der Waals surface area contributed by atoms with E-state index in [0.29, 0.717) is 11.3 Å². The Bertz CT molecular complexity index is 750. The van der Waals surface area contributed by atoms with E-state index in [9.17, 15) is 19.7 Å². The Balaban J connectivity index is 2.05. The van der Waals surface area contributed by atoms with Crippen molar-refractivity contribution in [2.24, 2.45) is 0 Å². The fraction of sp³-hybridized carbons (Fsp3) is 0.214. The Morgan fingerprint density at radius 3 is 2.64 bits per heavy atom. The number of Topliss-reactive ketones (excluding diaryl/α,β-unsaturated/α-hetero) is 1. The van der Waals surface area contributed by atoms with E-state index in [4.69, 9.17) is 9.26 Å². The number of nitro groups is 1. The lowest BCUT2D eigenvalue weighted by atomic mass is 10.1. The molecule has 0 aliphatic heterocycles. The quantitative estimate of drug-likeness (QED) is 0.360. The summed E-state index contributed by atoms with van der Waals surface area (Å²) < 4.78 is 9.50. The minimum absolute atomic E-state index is 0.0962. The second-order valence-corrected chi connectivity index (χ2v) is 4.59. The van der Waals surface area contributed by atoms with Crippen molar-refractivity contribution in [2.75, 3.05) is 6.61 Å². The van der Waals surface area contributed by atoms with Gasteiger partial charge in [-0.15, -0.1) is 0 Å². The molecule has 0 unspecified atom stereocenters. The highest BCUT2D eigenvalue weighted by atomic mass is 16.6. The fourth-order valence-corrected chi connectivity index (χ4v) is 1.72. The average molecular weight is 304 g/mol. The number of aryl methyl sites for hydroxylation is 2. The molecule has 114 valence electrons. The molecule has 1 heterocycles. The lowest BCUT2D eigenvalue weighted by molar-refractivity contribution is -0.385. The molecule has 0 N–H and O–H groups in total. The van der Waals surface area contributed by atoms with Gasteiger partial charge in [-0.3, -0.25) is 14.9 Å². The molecule has 0 bridgehead atoms. The zero-order chi connectivity index (χ0) is 16.3. The summed E-state index contributed by atoms with van der Waals surface area (Å²) in [5.41, 5.74) is 0.880. The number of carbonyl (C=O) groups excluding carboxylic acids is 2. The molecule has 0 radical (unpaired) electrons. The Morgan fingerprint density at radius 1 is 1.32 bits per heavy atom. The Morgan fingerprint density at radius 2 is 2.05 bits per heavy atom. The number of carbonyl (C=O) groups is 2. The van der Waals surface area contributed by atoms with Crippen LogP contribution >= 0.6 is 0 Å². The number of nitrogens with zero attached hydrogens (tertiary/aromatic N) is 2. The standard InChI is InChI=1S/C14H12N2O6/c1-8-3-4-10(6-11(8)16(19)20)12(17)7-21-14(18)13-5-9(2)15-22-13/h3-6H,7H2,1-2H3. The van der Waals surface area contributed by atoms with Gasteiger partial charge in [-0.1, -0.05) is 17.3 Å². The maximum Gasteiger partial charge on any atom is 0.377 e. The summed E-state index contributed by atoms with van der Waals surface area (Å²) in [6, 6.07) is 5.44. The predicted molar refractivity (Wildman–Crippen MR) is 73.7 cm³/mol. The van der Waals surface area contributed by atoms with Crippen molar-refractivity contribution in [2.45, 2.75) is 13.8 Å². The molecule has 0 saturated carbocycles. The van der Waals surface area contributed by atoms with E-state index < -0.39 is 23.3 Å². The Kier molecular flexibility index (Phi) is 4.31. The Labute approximate surface area is 124 Å². The van der Waals surface area contributed by atoms with Crippen molar-refractivity contribution in [1.29, 1.82) is 0 Å². The largest absolute Gasteiger partial charge is 0.451 e. The van der Waals surface area contributed by atoms with Crippen LogP contribution in [0.1, 0.15) is 32.2 Å². The number of rotatable bonds is 5. The van der Waals surface area contributed by atoms with E-state index in [1.807, 2.05) is 0 Å². The van der Waals surface area contributed by atoms with E-state index in [0.717, 1.165) is 6.07 Å². The summed E-state index contributed by atoms with van der Waals surface area (Å²) in [5.74, 6) is -1.48. The van der Waals surface area contributed by atoms with Gasteiger partial charge in [0.2, 0.25) is 11.5 Å². The van der Waals surface area contributed by atoms with E-state index >= 15 is 0 Å². The second-order valence-electron chi connectivity index (χ2n) is 4.59. The van der Waals surface area contributed by atoms with Crippen LogP contribution in [0, 0.1) is 24.0 Å². The van der Waals surface area contributed by atoms with Crippen LogP contribution < -0.4 is 0 Å². The molecule has 2 rings (SSSR count). The van der Waals surface area contributed by atoms with Gasteiger partial charge in [-0.25, -0.2) is 4.79 Å². The first kappa shape index (κ1) is 15.4. The summed E-state index contributed by atoms with van der Waals surface area (Å²) in [6.45, 7) is 2.66. The van der Waals surface area contributed by atoms with Crippen LogP contribution in [0.3, 0.4) is 0 Å². The molecule has 0 fully saturated rings. The molecular formula is C14H12N2O6. The van der Waals surface area contributed by atoms with Gasteiger partial charge in [0.25, 0.3) is 5.69 Å². The third kappa shape index (κ3) is 3.35. The number of hydrogen-bond acceptors (Lipinski definition) is 7. The van der Waals surface area contributed by atoms with Gasteiger partial charge in [-0.05, 0) is 13.8 Å². The smallest absolute Gasteiger partial charge is 0.377 e. The summed E-state index contributed by atoms with van der Waals surface area (Å²) in [5, 5.41) is 14.4. The summed E-state index contributed by atoms with van der Waals surface area (Å²) in [7, 11) is 0. The first-order chi connectivity index (χ1) is 10.4. The van der Waals surface area contributed by atoms with Crippen LogP contribution in [0.5, 0.6) is 0 Å². The monoisotopic (exact) mass is 304 g/mol. The topological polar surface area (TPSA) is 113 Å².